The lowest BCUT2D eigenvalue weighted by molar-refractivity contribution is -0.120. The number of carbonyl (C=O) groups excluding carboxylic acids is 1. The molecule has 0 aromatic heterocycles. The van der Waals surface area contributed by atoms with Crippen LogP contribution in [0, 0.1) is 5.92 Å². The summed E-state index contributed by atoms with van der Waals surface area (Å²) in [7, 11) is 0. The molecule has 1 saturated heterocycles. The van der Waals surface area contributed by atoms with E-state index in [1.807, 2.05) is 42.2 Å². The number of benzene rings is 1. The number of nitrogens with zero attached hydrogens (tertiary/aromatic N) is 2. The maximum atomic E-state index is 12.6. The van der Waals surface area contributed by atoms with Crippen molar-refractivity contribution in [1.82, 2.24) is 4.90 Å². The average molecular weight is 289 g/mol. The van der Waals surface area contributed by atoms with E-state index < -0.39 is 0 Å². The number of rotatable bonds is 5. The highest BCUT2D eigenvalue weighted by Gasteiger charge is 2.27. The number of amides is 1. The van der Waals surface area contributed by atoms with Crippen molar-refractivity contribution in [2.24, 2.45) is 11.7 Å². The van der Waals surface area contributed by atoms with Crippen molar-refractivity contribution in [3.63, 3.8) is 0 Å². The molecule has 0 saturated carbocycles. The van der Waals surface area contributed by atoms with Crippen LogP contribution in [0.3, 0.4) is 0 Å². The Hall–Kier alpha value is -1.39. The molecule has 2 atom stereocenters. The normalized spacial score (nSPS) is 23.0. The Morgan fingerprint density at radius 1 is 1.33 bits per heavy atom. The molecule has 21 heavy (non-hydrogen) atoms. The largest absolute Gasteiger partial charge is 0.330 e. The van der Waals surface area contributed by atoms with Crippen LogP contribution in [-0.4, -0.2) is 43.0 Å². The summed E-state index contributed by atoms with van der Waals surface area (Å²) in [6.07, 6.45) is 2.31. The molecule has 2 N–H and O–H groups in total. The third-order valence-corrected chi connectivity index (χ3v) is 4.47. The van der Waals surface area contributed by atoms with Crippen molar-refractivity contribution in [2.75, 3.05) is 31.1 Å². The van der Waals surface area contributed by atoms with E-state index in [1.165, 1.54) is 6.42 Å². The number of hydrogen-bond acceptors (Lipinski definition) is 3. The number of carbonyl (C=O) groups is 1. The summed E-state index contributed by atoms with van der Waals surface area (Å²) in [5.74, 6) is 0.703. The molecule has 1 aromatic carbocycles. The summed E-state index contributed by atoms with van der Waals surface area (Å²) in [5, 5.41) is 0. The maximum Gasteiger partial charge on any atom is 0.241 e. The fourth-order valence-electron chi connectivity index (χ4n) is 3.05. The Bertz CT molecular complexity index is 449. The van der Waals surface area contributed by atoms with E-state index in [2.05, 4.69) is 11.8 Å². The number of piperidine rings is 1. The Morgan fingerprint density at radius 3 is 2.67 bits per heavy atom. The van der Waals surface area contributed by atoms with E-state index in [-0.39, 0.29) is 5.91 Å². The molecular weight excluding hydrogens is 262 g/mol. The van der Waals surface area contributed by atoms with Gasteiger partial charge in [-0.25, -0.2) is 0 Å². The molecule has 4 nitrogen and oxygen atoms in total. The van der Waals surface area contributed by atoms with E-state index in [1.54, 1.807) is 0 Å². The van der Waals surface area contributed by atoms with Crippen molar-refractivity contribution in [1.29, 1.82) is 0 Å². The first-order valence-electron chi connectivity index (χ1n) is 7.95. The van der Waals surface area contributed by atoms with Crippen LogP contribution in [0.25, 0.3) is 0 Å². The number of likely N-dealkylation sites (N-methyl/N-ethyl adjacent to an activating group) is 1. The zero-order valence-electron chi connectivity index (χ0n) is 13.2. The quantitative estimate of drug-likeness (QED) is 0.903. The van der Waals surface area contributed by atoms with Gasteiger partial charge in [-0.05, 0) is 51.3 Å². The number of anilines is 1. The van der Waals surface area contributed by atoms with Crippen LogP contribution in [0.1, 0.15) is 26.7 Å². The van der Waals surface area contributed by atoms with Crippen molar-refractivity contribution in [3.8, 4) is 0 Å². The summed E-state index contributed by atoms with van der Waals surface area (Å²) >= 11 is 0. The van der Waals surface area contributed by atoms with Crippen LogP contribution in [-0.2, 0) is 4.79 Å². The number of likely N-dealkylation sites (tertiary alicyclic amines) is 1. The van der Waals surface area contributed by atoms with E-state index in [4.69, 9.17) is 5.73 Å². The zero-order chi connectivity index (χ0) is 15.2. The Morgan fingerprint density at radius 2 is 2.05 bits per heavy atom. The molecule has 0 radical (unpaired) electrons. The SMILES string of the molecule is CCN(C(=O)CN1CC(CN)CCC1C)c1ccccc1. The Kier molecular flexibility index (Phi) is 5.76. The molecule has 116 valence electrons. The van der Waals surface area contributed by atoms with Gasteiger partial charge >= 0.3 is 0 Å². The molecule has 0 aliphatic carbocycles. The summed E-state index contributed by atoms with van der Waals surface area (Å²) in [6.45, 7) is 7.07. The average Bonchev–Trinajstić information content (AvgIpc) is 2.51. The highest BCUT2D eigenvalue weighted by atomic mass is 16.2. The smallest absolute Gasteiger partial charge is 0.241 e. The van der Waals surface area contributed by atoms with Gasteiger partial charge in [0, 0.05) is 24.8 Å². The standard InChI is InChI=1S/C17H27N3O/c1-3-20(16-7-5-4-6-8-16)17(21)13-19-12-15(11-18)10-9-14(19)2/h4-8,14-15H,3,9-13,18H2,1-2H3. The van der Waals surface area contributed by atoms with Crippen LogP contribution in [0.15, 0.2) is 30.3 Å². The van der Waals surface area contributed by atoms with Crippen molar-refractivity contribution in [3.05, 3.63) is 30.3 Å². The second-order valence-electron chi connectivity index (χ2n) is 5.93. The number of hydrogen-bond donors (Lipinski definition) is 1. The van der Waals surface area contributed by atoms with E-state index in [0.717, 1.165) is 18.7 Å². The monoisotopic (exact) mass is 289 g/mol. The first-order chi connectivity index (χ1) is 10.2. The summed E-state index contributed by atoms with van der Waals surface area (Å²) in [5.41, 5.74) is 6.77. The van der Waals surface area contributed by atoms with Crippen LogP contribution in [0.4, 0.5) is 5.69 Å². The fourth-order valence-corrected chi connectivity index (χ4v) is 3.05. The van der Waals surface area contributed by atoms with Gasteiger partial charge in [0.15, 0.2) is 0 Å². The van der Waals surface area contributed by atoms with Gasteiger partial charge in [0.2, 0.25) is 5.91 Å². The predicted octanol–water partition coefficient (Wildman–Crippen LogP) is 2.10. The highest BCUT2D eigenvalue weighted by Crippen LogP contribution is 2.22. The lowest BCUT2D eigenvalue weighted by Gasteiger charge is -2.38. The summed E-state index contributed by atoms with van der Waals surface area (Å²) in [6, 6.07) is 10.4. The third-order valence-electron chi connectivity index (χ3n) is 4.47. The van der Waals surface area contributed by atoms with E-state index in [0.29, 0.717) is 31.6 Å². The molecule has 4 heteroatoms. The molecular formula is C17H27N3O. The summed E-state index contributed by atoms with van der Waals surface area (Å²) in [4.78, 5) is 16.8. The van der Waals surface area contributed by atoms with Crippen molar-refractivity contribution < 1.29 is 4.79 Å². The predicted molar refractivity (Wildman–Crippen MR) is 87.3 cm³/mol. The first kappa shape index (κ1) is 16.0. The molecule has 1 heterocycles. The fraction of sp³-hybridized carbons (Fsp3) is 0.588. The van der Waals surface area contributed by atoms with Gasteiger partial charge in [0.1, 0.15) is 0 Å². The van der Waals surface area contributed by atoms with Gasteiger partial charge in [-0.2, -0.15) is 0 Å². The van der Waals surface area contributed by atoms with Gasteiger partial charge in [-0.15, -0.1) is 0 Å². The molecule has 1 aliphatic rings. The van der Waals surface area contributed by atoms with Gasteiger partial charge in [0.05, 0.1) is 6.54 Å². The topological polar surface area (TPSA) is 49.6 Å². The minimum atomic E-state index is 0.174. The van der Waals surface area contributed by atoms with Crippen LogP contribution >= 0.6 is 0 Å². The van der Waals surface area contributed by atoms with E-state index in [9.17, 15) is 4.79 Å². The maximum absolute atomic E-state index is 12.6. The molecule has 0 bridgehead atoms. The third kappa shape index (κ3) is 4.05. The Balaban J connectivity index is 2.01. The Labute approximate surface area is 127 Å². The summed E-state index contributed by atoms with van der Waals surface area (Å²) < 4.78 is 0. The highest BCUT2D eigenvalue weighted by molar-refractivity contribution is 5.94. The second kappa shape index (κ2) is 7.57. The zero-order valence-corrected chi connectivity index (χ0v) is 13.2. The molecule has 0 spiro atoms. The van der Waals surface area contributed by atoms with Crippen LogP contribution in [0.5, 0.6) is 0 Å². The van der Waals surface area contributed by atoms with Gasteiger partial charge in [0.25, 0.3) is 0 Å². The molecule has 1 amide bonds. The second-order valence-corrected chi connectivity index (χ2v) is 5.93. The van der Waals surface area contributed by atoms with Crippen molar-refractivity contribution in [2.45, 2.75) is 32.7 Å². The molecule has 1 aliphatic heterocycles. The lowest BCUT2D eigenvalue weighted by atomic mass is 9.93. The molecule has 1 aromatic rings. The minimum Gasteiger partial charge on any atom is -0.330 e. The molecule has 2 unspecified atom stereocenters. The molecule has 2 rings (SSSR count). The van der Waals surface area contributed by atoms with E-state index >= 15 is 0 Å². The van der Waals surface area contributed by atoms with Crippen LogP contribution < -0.4 is 10.6 Å². The number of para-hydroxylation sites is 1. The van der Waals surface area contributed by atoms with Gasteiger partial charge in [-0.1, -0.05) is 18.2 Å². The van der Waals surface area contributed by atoms with Crippen molar-refractivity contribution >= 4 is 11.6 Å². The first-order valence-corrected chi connectivity index (χ1v) is 7.95. The lowest BCUT2D eigenvalue weighted by Crippen LogP contribution is -2.49. The number of nitrogens with two attached hydrogens (primary N) is 1. The minimum absolute atomic E-state index is 0.174. The van der Waals surface area contributed by atoms with Gasteiger partial charge in [-0.3, -0.25) is 9.69 Å². The van der Waals surface area contributed by atoms with Gasteiger partial charge < -0.3 is 10.6 Å². The van der Waals surface area contributed by atoms with Crippen LogP contribution in [0.2, 0.25) is 0 Å². The molecule has 1 fully saturated rings.